The van der Waals surface area contributed by atoms with Gasteiger partial charge < -0.3 is 9.13 Å². The zero-order valence-corrected chi connectivity index (χ0v) is 30.3. The Balaban J connectivity index is 1.02. The van der Waals surface area contributed by atoms with E-state index in [4.69, 9.17) is 9.97 Å². The highest BCUT2D eigenvalue weighted by atomic mass is 15.0. The largest absolute Gasteiger partial charge is 0.309 e. The van der Waals surface area contributed by atoms with Gasteiger partial charge in [0.25, 0.3) is 0 Å². The summed E-state index contributed by atoms with van der Waals surface area (Å²) in [4.78, 5) is 10.5. The van der Waals surface area contributed by atoms with Crippen LogP contribution >= 0.6 is 0 Å². The van der Waals surface area contributed by atoms with Gasteiger partial charge in [0.15, 0.2) is 5.82 Å². The van der Waals surface area contributed by atoms with Crippen molar-refractivity contribution in [1.29, 1.82) is 0 Å². The van der Waals surface area contributed by atoms with Crippen molar-refractivity contribution in [2.75, 3.05) is 0 Å². The maximum absolute atomic E-state index is 5.30. The Hall–Kier alpha value is -7.56. The molecule has 0 amide bonds. The maximum atomic E-state index is 5.30. The smallest absolute Gasteiger partial charge is 0.160 e. The van der Waals surface area contributed by atoms with Gasteiger partial charge in [0.2, 0.25) is 0 Å². The van der Waals surface area contributed by atoms with Crippen LogP contribution in [0.5, 0.6) is 0 Å². The summed E-state index contributed by atoms with van der Waals surface area (Å²) >= 11 is 0. The van der Waals surface area contributed by atoms with Gasteiger partial charge >= 0.3 is 0 Å². The summed E-state index contributed by atoms with van der Waals surface area (Å²) in [5.74, 6) is 0.722. The number of fused-ring (bicyclic) bond motifs is 10. The zero-order chi connectivity index (χ0) is 36.7. The number of benzene rings is 9. The second-order valence-corrected chi connectivity index (χ2v) is 14.6. The van der Waals surface area contributed by atoms with Crippen molar-refractivity contribution in [1.82, 2.24) is 19.1 Å². The standard InChI is InChI=1S/C52H32N4/c1-2-13-36-31-37(22-21-33(36)11-1)52-53-50(44-29-25-34-12-3-4-14-40(34)51(44)54-52)35-23-26-38(27-24-35)55-48-20-10-7-17-43(48)45-32-39(28-30-49(45)55)56-46-18-8-5-15-41(46)42-16-6-9-19-47(42)56/h1-32H. The predicted molar refractivity (Wildman–Crippen MR) is 234 cm³/mol. The molecule has 0 spiro atoms. The molecule has 260 valence electrons. The van der Waals surface area contributed by atoms with Gasteiger partial charge in [0, 0.05) is 54.8 Å². The summed E-state index contributed by atoms with van der Waals surface area (Å²) in [6.07, 6.45) is 0. The quantitative estimate of drug-likeness (QED) is 0.170. The molecule has 4 nitrogen and oxygen atoms in total. The minimum atomic E-state index is 0.722. The van der Waals surface area contributed by atoms with Crippen LogP contribution in [0.15, 0.2) is 194 Å². The summed E-state index contributed by atoms with van der Waals surface area (Å²) in [6.45, 7) is 0. The monoisotopic (exact) mass is 712 g/mol. The van der Waals surface area contributed by atoms with Crippen molar-refractivity contribution in [2.45, 2.75) is 0 Å². The lowest BCUT2D eigenvalue weighted by molar-refractivity contribution is 1.16. The molecule has 0 atom stereocenters. The predicted octanol–water partition coefficient (Wildman–Crippen LogP) is 13.5. The first-order valence-electron chi connectivity index (χ1n) is 19.1. The van der Waals surface area contributed by atoms with Gasteiger partial charge in [-0.2, -0.15) is 0 Å². The fourth-order valence-corrected chi connectivity index (χ4v) is 8.89. The highest BCUT2D eigenvalue weighted by Gasteiger charge is 2.18. The number of para-hydroxylation sites is 3. The van der Waals surface area contributed by atoms with Crippen molar-refractivity contribution < 1.29 is 0 Å². The van der Waals surface area contributed by atoms with Gasteiger partial charge in [-0.05, 0) is 76.8 Å². The maximum Gasteiger partial charge on any atom is 0.160 e. The second kappa shape index (κ2) is 12.0. The average Bonchev–Trinajstić information content (AvgIpc) is 3.78. The van der Waals surface area contributed by atoms with E-state index in [1.54, 1.807) is 0 Å². The fourth-order valence-electron chi connectivity index (χ4n) is 8.89. The van der Waals surface area contributed by atoms with Crippen LogP contribution in [-0.2, 0) is 0 Å². The molecule has 4 heteroatoms. The van der Waals surface area contributed by atoms with Gasteiger partial charge in [-0.1, -0.05) is 133 Å². The third-order valence-corrected chi connectivity index (χ3v) is 11.5. The van der Waals surface area contributed by atoms with Gasteiger partial charge in [-0.25, -0.2) is 9.97 Å². The molecule has 0 unspecified atom stereocenters. The molecule has 0 saturated carbocycles. The lowest BCUT2D eigenvalue weighted by atomic mass is 10.0. The van der Waals surface area contributed by atoms with Crippen molar-refractivity contribution in [3.05, 3.63) is 194 Å². The number of aromatic nitrogens is 4. The fraction of sp³-hybridized carbons (Fsp3) is 0. The Kier molecular flexibility index (Phi) is 6.60. The number of hydrogen-bond acceptors (Lipinski definition) is 2. The molecule has 3 heterocycles. The van der Waals surface area contributed by atoms with E-state index in [-0.39, 0.29) is 0 Å². The molecule has 0 aliphatic heterocycles. The van der Waals surface area contributed by atoms with Crippen LogP contribution in [0.2, 0.25) is 0 Å². The number of nitrogens with zero attached hydrogens (tertiary/aromatic N) is 4. The van der Waals surface area contributed by atoms with E-state index in [1.807, 2.05) is 0 Å². The molecule has 0 aliphatic carbocycles. The van der Waals surface area contributed by atoms with Crippen LogP contribution in [0.1, 0.15) is 0 Å². The molecular weight excluding hydrogens is 681 g/mol. The van der Waals surface area contributed by atoms with Gasteiger partial charge in [-0.3, -0.25) is 0 Å². The molecule has 0 aliphatic rings. The first-order valence-corrected chi connectivity index (χ1v) is 19.1. The molecular formula is C52H32N4. The lowest BCUT2D eigenvalue weighted by Gasteiger charge is -2.13. The molecule has 0 N–H and O–H groups in total. The van der Waals surface area contributed by atoms with Crippen LogP contribution in [0.4, 0.5) is 0 Å². The summed E-state index contributed by atoms with van der Waals surface area (Å²) in [5.41, 5.74) is 10.9. The third kappa shape index (κ3) is 4.60. The minimum absolute atomic E-state index is 0.722. The van der Waals surface area contributed by atoms with Crippen LogP contribution in [0.3, 0.4) is 0 Å². The molecule has 56 heavy (non-hydrogen) atoms. The molecule has 0 saturated heterocycles. The number of rotatable bonds is 4. The topological polar surface area (TPSA) is 35.6 Å². The Morgan fingerprint density at radius 3 is 1.54 bits per heavy atom. The first-order chi connectivity index (χ1) is 27.8. The van der Waals surface area contributed by atoms with E-state index in [9.17, 15) is 0 Å². The highest BCUT2D eigenvalue weighted by Crippen LogP contribution is 2.38. The summed E-state index contributed by atoms with van der Waals surface area (Å²) < 4.78 is 4.78. The Morgan fingerprint density at radius 2 is 0.821 bits per heavy atom. The van der Waals surface area contributed by atoms with Crippen molar-refractivity contribution in [3.63, 3.8) is 0 Å². The SMILES string of the molecule is c1ccc2cc(-c3nc(-c4ccc(-n5c6ccccc6c6cc(-n7c8ccccc8c8ccccc87)ccc65)cc4)c4ccc5ccccc5c4n3)ccc2c1. The van der Waals surface area contributed by atoms with E-state index >= 15 is 0 Å². The molecule has 3 aromatic heterocycles. The van der Waals surface area contributed by atoms with Gasteiger partial charge in [0.05, 0.1) is 33.3 Å². The first kappa shape index (κ1) is 30.9. The zero-order valence-electron chi connectivity index (χ0n) is 30.3. The normalized spacial score (nSPS) is 11.9. The van der Waals surface area contributed by atoms with E-state index in [1.165, 1.54) is 54.4 Å². The summed E-state index contributed by atoms with van der Waals surface area (Å²) in [5, 5.41) is 10.7. The van der Waals surface area contributed by atoms with Crippen molar-refractivity contribution >= 4 is 76.1 Å². The Bertz CT molecular complexity index is 3480. The summed E-state index contributed by atoms with van der Waals surface area (Å²) in [6, 6.07) is 69.7. The molecule has 0 fully saturated rings. The Labute approximate surface area is 322 Å². The van der Waals surface area contributed by atoms with Crippen LogP contribution in [0, 0.1) is 0 Å². The van der Waals surface area contributed by atoms with E-state index in [0.29, 0.717) is 0 Å². The molecule has 0 bridgehead atoms. The van der Waals surface area contributed by atoms with Gasteiger partial charge in [0.1, 0.15) is 0 Å². The van der Waals surface area contributed by atoms with E-state index in [2.05, 4.69) is 203 Å². The van der Waals surface area contributed by atoms with Crippen LogP contribution in [-0.4, -0.2) is 19.1 Å². The minimum Gasteiger partial charge on any atom is -0.309 e. The molecule has 12 rings (SSSR count). The lowest BCUT2D eigenvalue weighted by Crippen LogP contribution is -1.98. The highest BCUT2D eigenvalue weighted by molar-refractivity contribution is 6.13. The Morgan fingerprint density at radius 1 is 0.304 bits per heavy atom. The van der Waals surface area contributed by atoms with E-state index < -0.39 is 0 Å². The molecule has 9 aromatic carbocycles. The third-order valence-electron chi connectivity index (χ3n) is 11.5. The number of hydrogen-bond donors (Lipinski definition) is 0. The van der Waals surface area contributed by atoms with Crippen LogP contribution < -0.4 is 0 Å². The van der Waals surface area contributed by atoms with E-state index in [0.717, 1.165) is 55.7 Å². The molecule has 12 aromatic rings. The molecule has 0 radical (unpaired) electrons. The second-order valence-electron chi connectivity index (χ2n) is 14.6. The van der Waals surface area contributed by atoms with Crippen molar-refractivity contribution in [3.8, 4) is 34.0 Å². The van der Waals surface area contributed by atoms with Gasteiger partial charge in [-0.15, -0.1) is 0 Å². The summed E-state index contributed by atoms with van der Waals surface area (Å²) in [7, 11) is 0. The van der Waals surface area contributed by atoms with Crippen LogP contribution in [0.25, 0.3) is 110 Å². The average molecular weight is 713 g/mol. The van der Waals surface area contributed by atoms with Crippen molar-refractivity contribution in [2.24, 2.45) is 0 Å².